The van der Waals surface area contributed by atoms with E-state index >= 15 is 0 Å². The van der Waals surface area contributed by atoms with Crippen LogP contribution in [0.15, 0.2) is 71.5 Å². The van der Waals surface area contributed by atoms with E-state index in [1.54, 1.807) is 31.2 Å². The second-order valence-corrected chi connectivity index (χ2v) is 8.16. The maximum atomic E-state index is 12.9. The Labute approximate surface area is 187 Å². The summed E-state index contributed by atoms with van der Waals surface area (Å²) < 4.78 is 6.63. The number of nitrogens with one attached hydrogen (secondary N) is 1. The number of rotatable bonds is 7. The number of fused-ring (bicyclic) bond motifs is 1. The van der Waals surface area contributed by atoms with Gasteiger partial charge in [0.05, 0.1) is 0 Å². The van der Waals surface area contributed by atoms with Crippen LogP contribution < -0.4 is 10.9 Å². The molecular weight excluding hydrogens is 428 g/mol. The minimum absolute atomic E-state index is 0.127. The number of amides is 1. The number of esters is 1. The molecule has 0 aliphatic heterocycles. The van der Waals surface area contributed by atoms with Crippen molar-refractivity contribution in [2.75, 3.05) is 0 Å². The van der Waals surface area contributed by atoms with Gasteiger partial charge in [0.15, 0.2) is 5.01 Å². The molecule has 0 saturated carbocycles. The predicted molar refractivity (Wildman–Crippen MR) is 120 cm³/mol. The molecule has 0 aliphatic carbocycles. The third kappa shape index (κ3) is 5.06. The van der Waals surface area contributed by atoms with Crippen LogP contribution in [0, 0.1) is 6.92 Å². The molecule has 2 heterocycles. The van der Waals surface area contributed by atoms with Crippen molar-refractivity contribution < 1.29 is 14.3 Å². The third-order valence-corrected chi connectivity index (χ3v) is 5.54. The molecule has 0 saturated heterocycles. The molecule has 2 aromatic carbocycles. The number of hydrogen-bond acceptors (Lipinski definition) is 7. The van der Waals surface area contributed by atoms with E-state index in [0.29, 0.717) is 21.2 Å². The molecule has 0 aliphatic rings. The van der Waals surface area contributed by atoms with Crippen LogP contribution in [0.4, 0.5) is 0 Å². The van der Waals surface area contributed by atoms with Crippen LogP contribution in [0.3, 0.4) is 0 Å². The van der Waals surface area contributed by atoms with E-state index in [9.17, 15) is 14.4 Å². The highest BCUT2D eigenvalue weighted by Crippen LogP contribution is 2.14. The monoisotopic (exact) mass is 448 g/mol. The zero-order valence-corrected chi connectivity index (χ0v) is 18.0. The molecule has 0 unspecified atom stereocenters. The van der Waals surface area contributed by atoms with Gasteiger partial charge in [-0.15, -0.1) is 0 Å². The highest BCUT2D eigenvalue weighted by Gasteiger charge is 2.24. The van der Waals surface area contributed by atoms with E-state index in [1.807, 2.05) is 36.4 Å². The molecule has 4 rings (SSSR count). The average molecular weight is 449 g/mol. The Morgan fingerprint density at radius 2 is 1.78 bits per heavy atom. The summed E-state index contributed by atoms with van der Waals surface area (Å²) >= 11 is 1.17. The number of carbonyl (C=O) groups excluding carboxylic acids is 2. The molecule has 1 atom stereocenters. The lowest BCUT2D eigenvalue weighted by atomic mass is 10.1. The van der Waals surface area contributed by atoms with Gasteiger partial charge in [0.25, 0.3) is 11.5 Å². The summed E-state index contributed by atoms with van der Waals surface area (Å²) in [6, 6.07) is 18.5. The SMILES string of the molecule is Cc1cc(=O)n2nc(COC(=O)[C@@H](Cc3ccccc3)NC(=O)c3ccccc3)sc2n1. The van der Waals surface area contributed by atoms with Gasteiger partial charge in [-0.3, -0.25) is 9.59 Å². The van der Waals surface area contributed by atoms with Crippen molar-refractivity contribution in [1.82, 2.24) is 19.9 Å². The number of aromatic nitrogens is 3. The van der Waals surface area contributed by atoms with Gasteiger partial charge in [-0.25, -0.2) is 9.78 Å². The molecule has 0 fully saturated rings. The molecule has 2 aromatic heterocycles. The molecule has 162 valence electrons. The quantitative estimate of drug-likeness (QED) is 0.436. The van der Waals surface area contributed by atoms with Crippen LogP contribution in [0.5, 0.6) is 0 Å². The zero-order valence-electron chi connectivity index (χ0n) is 17.2. The van der Waals surface area contributed by atoms with Gasteiger partial charge in [-0.2, -0.15) is 9.61 Å². The zero-order chi connectivity index (χ0) is 22.5. The lowest BCUT2D eigenvalue weighted by molar-refractivity contribution is -0.147. The second-order valence-electron chi connectivity index (χ2n) is 7.12. The summed E-state index contributed by atoms with van der Waals surface area (Å²) in [7, 11) is 0. The molecule has 9 heteroatoms. The highest BCUT2D eigenvalue weighted by molar-refractivity contribution is 7.16. The van der Waals surface area contributed by atoms with E-state index in [0.717, 1.165) is 5.56 Å². The molecule has 8 nitrogen and oxygen atoms in total. The van der Waals surface area contributed by atoms with Gasteiger partial charge in [0.2, 0.25) is 4.96 Å². The van der Waals surface area contributed by atoms with Crippen molar-refractivity contribution in [2.24, 2.45) is 0 Å². The third-order valence-electron chi connectivity index (χ3n) is 4.66. The Balaban J connectivity index is 1.49. The maximum absolute atomic E-state index is 12.9. The normalized spacial score (nSPS) is 11.8. The lowest BCUT2D eigenvalue weighted by Gasteiger charge is -2.17. The van der Waals surface area contributed by atoms with Crippen LogP contribution in [-0.2, 0) is 22.6 Å². The molecule has 1 amide bonds. The first kappa shape index (κ1) is 21.4. The van der Waals surface area contributed by atoms with Crippen LogP contribution in [0.1, 0.15) is 26.6 Å². The van der Waals surface area contributed by atoms with E-state index < -0.39 is 12.0 Å². The first-order chi connectivity index (χ1) is 15.5. The summed E-state index contributed by atoms with van der Waals surface area (Å²) in [5.74, 6) is -0.955. The topological polar surface area (TPSA) is 103 Å². The Kier molecular flexibility index (Phi) is 6.37. The van der Waals surface area contributed by atoms with E-state index in [4.69, 9.17) is 4.74 Å². The largest absolute Gasteiger partial charge is 0.457 e. The van der Waals surface area contributed by atoms with Crippen LogP contribution in [-0.4, -0.2) is 32.5 Å². The Morgan fingerprint density at radius 3 is 2.50 bits per heavy atom. The molecule has 0 bridgehead atoms. The van der Waals surface area contributed by atoms with Crippen LogP contribution >= 0.6 is 11.3 Å². The number of benzene rings is 2. The first-order valence-corrected chi connectivity index (χ1v) is 10.7. The van der Waals surface area contributed by atoms with Crippen molar-refractivity contribution in [3.63, 3.8) is 0 Å². The van der Waals surface area contributed by atoms with Crippen LogP contribution in [0.2, 0.25) is 0 Å². The fourth-order valence-electron chi connectivity index (χ4n) is 3.13. The molecular formula is C23H20N4O4S. The minimum Gasteiger partial charge on any atom is -0.457 e. The smallest absolute Gasteiger partial charge is 0.329 e. The van der Waals surface area contributed by atoms with Gasteiger partial charge < -0.3 is 10.1 Å². The summed E-state index contributed by atoms with van der Waals surface area (Å²) in [6.07, 6.45) is 0.276. The maximum Gasteiger partial charge on any atom is 0.329 e. The summed E-state index contributed by atoms with van der Waals surface area (Å²) in [6.45, 7) is 1.60. The number of ether oxygens (including phenoxy) is 1. The van der Waals surface area contributed by atoms with Crippen molar-refractivity contribution in [3.8, 4) is 0 Å². The van der Waals surface area contributed by atoms with Crippen molar-refractivity contribution in [2.45, 2.75) is 26.0 Å². The Hall–Kier alpha value is -3.85. The lowest BCUT2D eigenvalue weighted by Crippen LogP contribution is -2.43. The summed E-state index contributed by atoms with van der Waals surface area (Å²) in [5.41, 5.74) is 1.63. The Bertz CT molecular complexity index is 1300. The van der Waals surface area contributed by atoms with Crippen molar-refractivity contribution in [3.05, 3.63) is 98.9 Å². The van der Waals surface area contributed by atoms with Gasteiger partial charge >= 0.3 is 5.97 Å². The van der Waals surface area contributed by atoms with E-state index in [-0.39, 0.29) is 24.5 Å². The van der Waals surface area contributed by atoms with Gasteiger partial charge in [-0.05, 0) is 24.6 Å². The Morgan fingerprint density at radius 1 is 1.09 bits per heavy atom. The van der Waals surface area contributed by atoms with E-state index in [1.165, 1.54) is 21.9 Å². The van der Waals surface area contributed by atoms with Crippen molar-refractivity contribution in [1.29, 1.82) is 0 Å². The number of carbonyl (C=O) groups is 2. The van der Waals surface area contributed by atoms with Gasteiger partial charge in [0, 0.05) is 23.7 Å². The predicted octanol–water partition coefficient (Wildman–Crippen LogP) is 2.54. The molecule has 0 radical (unpaired) electrons. The fraction of sp³-hybridized carbons (Fsp3) is 0.174. The highest BCUT2D eigenvalue weighted by atomic mass is 32.1. The van der Waals surface area contributed by atoms with E-state index in [2.05, 4.69) is 15.4 Å². The molecule has 4 aromatic rings. The summed E-state index contributed by atoms with van der Waals surface area (Å²) in [4.78, 5) is 42.2. The minimum atomic E-state index is -0.887. The average Bonchev–Trinajstić information content (AvgIpc) is 3.21. The number of nitrogens with zero attached hydrogens (tertiary/aromatic N) is 3. The molecule has 0 spiro atoms. The number of aryl methyl sites for hydroxylation is 1. The van der Waals surface area contributed by atoms with Gasteiger partial charge in [0.1, 0.15) is 12.6 Å². The standard InChI is InChI=1S/C23H20N4O4S/c1-15-12-20(28)27-23(24-15)32-19(26-27)14-31-22(30)18(13-16-8-4-2-5-9-16)25-21(29)17-10-6-3-7-11-17/h2-12,18H,13-14H2,1H3,(H,25,29)/t18-/m1/s1. The summed E-state index contributed by atoms with van der Waals surface area (Å²) in [5, 5.41) is 7.37. The number of hydrogen-bond donors (Lipinski definition) is 1. The molecule has 32 heavy (non-hydrogen) atoms. The molecule has 1 N–H and O–H groups in total. The van der Waals surface area contributed by atoms with Crippen LogP contribution in [0.25, 0.3) is 4.96 Å². The fourth-order valence-corrected chi connectivity index (χ4v) is 3.98. The first-order valence-electron chi connectivity index (χ1n) is 9.92. The second kappa shape index (κ2) is 9.52. The van der Waals surface area contributed by atoms with Crippen molar-refractivity contribution >= 4 is 28.2 Å². The van der Waals surface area contributed by atoms with Gasteiger partial charge in [-0.1, -0.05) is 59.9 Å².